The average Bonchev–Trinajstić information content (AvgIpc) is 2.10. The third-order valence-corrected chi connectivity index (χ3v) is 2.15. The lowest BCUT2D eigenvalue weighted by Gasteiger charge is -2.27. The monoisotopic (exact) mass is 231 g/mol. The highest BCUT2D eigenvalue weighted by molar-refractivity contribution is 5.91. The molecule has 4 heteroatoms. The van der Waals surface area contributed by atoms with Gasteiger partial charge in [0, 0.05) is 5.41 Å². The first-order chi connectivity index (χ1) is 6.70. The molecule has 0 saturated carbocycles. The molecule has 0 aliphatic rings. The van der Waals surface area contributed by atoms with E-state index >= 15 is 0 Å². The van der Waals surface area contributed by atoms with Crippen LogP contribution in [-0.4, -0.2) is 25.0 Å². The third-order valence-electron chi connectivity index (χ3n) is 2.15. The van der Waals surface area contributed by atoms with Gasteiger partial charge in [-0.05, 0) is 5.92 Å². The van der Waals surface area contributed by atoms with Crippen molar-refractivity contribution in [2.45, 2.75) is 48.1 Å². The molecule has 96 valence electrons. The van der Waals surface area contributed by atoms with E-state index in [2.05, 4.69) is 10.1 Å². The smallest absolute Gasteiger partial charge is 0.407 e. The molecule has 0 bridgehead atoms. The summed E-state index contributed by atoms with van der Waals surface area (Å²) in [5.74, 6) is 0.0683. The lowest BCUT2D eigenvalue weighted by Crippen LogP contribution is -2.48. The first kappa shape index (κ1) is 17.3. The number of Topliss-reactive ketones (excluding diaryl/α,β-unsaturated/α-hetero) is 1. The zero-order valence-electron chi connectivity index (χ0n) is 10.4. The molecule has 0 aromatic heterocycles. The van der Waals surface area contributed by atoms with Crippen LogP contribution < -0.4 is 5.32 Å². The van der Waals surface area contributed by atoms with Crippen LogP contribution in [0.4, 0.5) is 4.79 Å². The molecule has 0 fully saturated rings. The predicted molar refractivity (Wildman–Crippen MR) is 65.4 cm³/mol. The van der Waals surface area contributed by atoms with Crippen LogP contribution in [0.3, 0.4) is 0 Å². The summed E-state index contributed by atoms with van der Waals surface area (Å²) in [5.41, 5.74) is -0.462. The molecule has 0 radical (unpaired) electrons. The van der Waals surface area contributed by atoms with E-state index in [1.54, 1.807) is 0 Å². The minimum atomic E-state index is -0.564. The van der Waals surface area contributed by atoms with Gasteiger partial charge in [-0.3, -0.25) is 4.79 Å². The number of ketones is 1. The van der Waals surface area contributed by atoms with Crippen molar-refractivity contribution in [3.05, 3.63) is 0 Å². The molecule has 1 N–H and O–H groups in total. The van der Waals surface area contributed by atoms with E-state index in [9.17, 15) is 9.59 Å². The molecule has 0 aliphatic heterocycles. The number of amides is 1. The Morgan fingerprint density at radius 2 is 1.62 bits per heavy atom. The van der Waals surface area contributed by atoms with Gasteiger partial charge in [-0.25, -0.2) is 4.79 Å². The summed E-state index contributed by atoms with van der Waals surface area (Å²) < 4.78 is 4.49. The summed E-state index contributed by atoms with van der Waals surface area (Å²) in [6.45, 7) is 9.30. The van der Waals surface area contributed by atoms with E-state index in [-0.39, 0.29) is 19.1 Å². The molecule has 0 rings (SSSR count). The van der Waals surface area contributed by atoms with Gasteiger partial charge in [-0.15, -0.1) is 0 Å². The van der Waals surface area contributed by atoms with Crippen LogP contribution in [0.15, 0.2) is 0 Å². The lowest BCUT2D eigenvalue weighted by atomic mass is 9.82. The zero-order chi connectivity index (χ0) is 12.2. The number of carbonyl (C=O) groups excluding carboxylic acids is 2. The Morgan fingerprint density at radius 1 is 1.19 bits per heavy atom. The van der Waals surface area contributed by atoms with E-state index in [0.717, 1.165) is 0 Å². The standard InChI is InChI=1S/C11H21NO3.CH4/c1-7(2)8(12-10(14)15-6)9(13)11(3,4)5;/h7-8H,1-6H3,(H,12,14);1H4/t8-;/m1./s1. The maximum absolute atomic E-state index is 12.0. The normalized spacial score (nSPS) is 12.7. The first-order valence-electron chi connectivity index (χ1n) is 5.09. The molecule has 0 spiro atoms. The number of alkyl carbamates (subject to hydrolysis) is 1. The fraction of sp³-hybridized carbons (Fsp3) is 0.833. The largest absolute Gasteiger partial charge is 0.453 e. The summed E-state index contributed by atoms with van der Waals surface area (Å²) in [4.78, 5) is 23.1. The number of carbonyl (C=O) groups is 2. The number of hydrogen-bond donors (Lipinski definition) is 1. The van der Waals surface area contributed by atoms with Crippen molar-refractivity contribution < 1.29 is 14.3 Å². The highest BCUT2D eigenvalue weighted by Crippen LogP contribution is 2.20. The molecule has 1 amide bonds. The molecule has 0 heterocycles. The number of ether oxygens (including phenoxy) is 1. The fourth-order valence-electron chi connectivity index (χ4n) is 1.19. The minimum absolute atomic E-state index is 0. The maximum Gasteiger partial charge on any atom is 0.407 e. The number of rotatable bonds is 3. The van der Waals surface area contributed by atoms with Gasteiger partial charge in [0.05, 0.1) is 13.2 Å². The van der Waals surface area contributed by atoms with Crippen LogP contribution in [-0.2, 0) is 9.53 Å². The molecule has 4 nitrogen and oxygen atoms in total. The average molecular weight is 231 g/mol. The maximum atomic E-state index is 12.0. The van der Waals surface area contributed by atoms with Crippen molar-refractivity contribution in [1.29, 1.82) is 0 Å². The quantitative estimate of drug-likeness (QED) is 0.812. The Morgan fingerprint density at radius 3 is 1.88 bits per heavy atom. The first-order valence-corrected chi connectivity index (χ1v) is 5.09. The molecule has 0 saturated heterocycles. The van der Waals surface area contributed by atoms with Gasteiger partial charge in [0.2, 0.25) is 0 Å². The summed E-state index contributed by atoms with van der Waals surface area (Å²) in [7, 11) is 1.29. The Kier molecular flexibility index (Phi) is 7.05. The number of nitrogens with one attached hydrogen (secondary N) is 1. The molecular weight excluding hydrogens is 206 g/mol. The number of hydrogen-bond acceptors (Lipinski definition) is 3. The van der Waals surface area contributed by atoms with E-state index in [4.69, 9.17) is 0 Å². The minimum Gasteiger partial charge on any atom is -0.453 e. The van der Waals surface area contributed by atoms with Crippen molar-refractivity contribution in [3.8, 4) is 0 Å². The summed E-state index contributed by atoms with van der Waals surface area (Å²) in [5, 5.41) is 2.56. The Balaban J connectivity index is 0. The third kappa shape index (κ3) is 5.14. The molecule has 0 aliphatic carbocycles. The Labute approximate surface area is 98.7 Å². The van der Waals surface area contributed by atoms with E-state index in [1.165, 1.54) is 7.11 Å². The van der Waals surface area contributed by atoms with Gasteiger partial charge in [-0.2, -0.15) is 0 Å². The van der Waals surface area contributed by atoms with Crippen molar-refractivity contribution in [3.63, 3.8) is 0 Å². The van der Waals surface area contributed by atoms with Crippen LogP contribution in [0.25, 0.3) is 0 Å². The SMILES string of the molecule is C.COC(=O)N[C@@H](C(=O)C(C)(C)C)C(C)C. The molecular formula is C12H25NO3. The molecule has 0 unspecified atom stereocenters. The second-order valence-electron chi connectivity index (χ2n) is 4.97. The van der Waals surface area contributed by atoms with Crippen LogP contribution in [0.2, 0.25) is 0 Å². The van der Waals surface area contributed by atoms with Gasteiger partial charge < -0.3 is 10.1 Å². The molecule has 16 heavy (non-hydrogen) atoms. The Bertz CT molecular complexity index is 241. The van der Waals surface area contributed by atoms with Crippen molar-refractivity contribution in [1.82, 2.24) is 5.32 Å². The van der Waals surface area contributed by atoms with Gasteiger partial charge in [0.15, 0.2) is 5.78 Å². The predicted octanol–water partition coefficient (Wildman–Crippen LogP) is 2.62. The topological polar surface area (TPSA) is 55.4 Å². The second-order valence-corrected chi connectivity index (χ2v) is 4.97. The van der Waals surface area contributed by atoms with Gasteiger partial charge in [0.25, 0.3) is 0 Å². The van der Waals surface area contributed by atoms with E-state index in [0.29, 0.717) is 0 Å². The van der Waals surface area contributed by atoms with Gasteiger partial charge in [0.1, 0.15) is 0 Å². The fourth-order valence-corrected chi connectivity index (χ4v) is 1.19. The summed E-state index contributed by atoms with van der Waals surface area (Å²) in [6, 6.07) is -0.488. The Hall–Kier alpha value is -1.06. The number of methoxy groups -OCH3 is 1. The lowest BCUT2D eigenvalue weighted by molar-refractivity contribution is -0.129. The summed E-state index contributed by atoms with van der Waals surface area (Å²) in [6.07, 6.45) is -0.564. The van der Waals surface area contributed by atoms with Crippen LogP contribution in [0.1, 0.15) is 42.0 Å². The van der Waals surface area contributed by atoms with E-state index in [1.807, 2.05) is 34.6 Å². The van der Waals surface area contributed by atoms with Crippen LogP contribution in [0.5, 0.6) is 0 Å². The van der Waals surface area contributed by atoms with Gasteiger partial charge >= 0.3 is 6.09 Å². The highest BCUT2D eigenvalue weighted by Gasteiger charge is 2.32. The second kappa shape index (κ2) is 6.51. The summed E-state index contributed by atoms with van der Waals surface area (Å²) >= 11 is 0. The molecule has 0 aromatic rings. The van der Waals surface area contributed by atoms with Gasteiger partial charge in [-0.1, -0.05) is 42.0 Å². The van der Waals surface area contributed by atoms with E-state index < -0.39 is 17.6 Å². The van der Waals surface area contributed by atoms with Crippen molar-refractivity contribution in [2.75, 3.05) is 7.11 Å². The van der Waals surface area contributed by atoms with Crippen molar-refractivity contribution >= 4 is 11.9 Å². The van der Waals surface area contributed by atoms with Crippen molar-refractivity contribution in [2.24, 2.45) is 11.3 Å². The zero-order valence-corrected chi connectivity index (χ0v) is 10.4. The van der Waals surface area contributed by atoms with Crippen LogP contribution >= 0.6 is 0 Å². The highest BCUT2D eigenvalue weighted by atomic mass is 16.5. The molecule has 0 aromatic carbocycles. The van der Waals surface area contributed by atoms with Crippen LogP contribution in [0, 0.1) is 11.3 Å². The molecule has 1 atom stereocenters.